The Balaban J connectivity index is 1.87. The molecule has 176 valence electrons. The summed E-state index contributed by atoms with van der Waals surface area (Å²) in [5, 5.41) is 10.0. The van der Waals surface area contributed by atoms with E-state index in [1.165, 1.54) is 25.7 Å². The Labute approximate surface area is 190 Å². The summed E-state index contributed by atoms with van der Waals surface area (Å²) in [6.45, 7) is 13.6. The van der Waals surface area contributed by atoms with E-state index >= 15 is 0 Å². The van der Waals surface area contributed by atoms with Gasteiger partial charge in [0.25, 0.3) is 0 Å². The van der Waals surface area contributed by atoms with Crippen LogP contribution >= 0.6 is 0 Å². The van der Waals surface area contributed by atoms with Gasteiger partial charge in [-0.1, -0.05) is 66.9 Å². The molecule has 0 saturated heterocycles. The third-order valence-corrected chi connectivity index (χ3v) is 9.98. The Bertz CT molecular complexity index is 694. The molecule has 3 heteroatoms. The van der Waals surface area contributed by atoms with Crippen LogP contribution in [0, 0.1) is 52.3 Å². The van der Waals surface area contributed by atoms with Gasteiger partial charge in [0.05, 0.1) is 5.92 Å². The summed E-state index contributed by atoms with van der Waals surface area (Å²) in [5.41, 5.74) is -0.183. The quantitative estimate of drug-likeness (QED) is 0.445. The first kappa shape index (κ1) is 24.5. The van der Waals surface area contributed by atoms with Crippen molar-refractivity contribution in [3.05, 3.63) is 12.2 Å². The van der Waals surface area contributed by atoms with E-state index in [0.29, 0.717) is 17.8 Å². The minimum atomic E-state index is -0.685. The number of carbonyl (C=O) groups is 2. The highest BCUT2D eigenvalue weighted by Crippen LogP contribution is 2.65. The highest BCUT2D eigenvalue weighted by Gasteiger charge is 2.60. The monoisotopic (exact) mass is 430 g/mol. The summed E-state index contributed by atoms with van der Waals surface area (Å²) in [4.78, 5) is 25.3. The minimum Gasteiger partial charge on any atom is -0.481 e. The number of aliphatic carboxylic acids is 1. The molecule has 2 saturated carbocycles. The Kier molecular flexibility index (Phi) is 7.43. The van der Waals surface area contributed by atoms with Crippen LogP contribution in [0.2, 0.25) is 0 Å². The number of rotatable bonds is 8. The largest absolute Gasteiger partial charge is 0.481 e. The molecule has 0 amide bonds. The van der Waals surface area contributed by atoms with Gasteiger partial charge in [0, 0.05) is 5.41 Å². The number of allylic oxidation sites excluding steroid dienone is 2. The average molecular weight is 431 g/mol. The summed E-state index contributed by atoms with van der Waals surface area (Å²) < 4.78 is 0. The predicted molar refractivity (Wildman–Crippen MR) is 127 cm³/mol. The second-order valence-corrected chi connectivity index (χ2v) is 12.2. The molecule has 31 heavy (non-hydrogen) atoms. The normalized spacial score (nSPS) is 40.0. The fourth-order valence-corrected chi connectivity index (χ4v) is 8.08. The van der Waals surface area contributed by atoms with Gasteiger partial charge in [-0.3, -0.25) is 9.59 Å². The summed E-state index contributed by atoms with van der Waals surface area (Å²) in [6, 6.07) is 0. The van der Waals surface area contributed by atoms with E-state index in [0.717, 1.165) is 38.0 Å². The number of carboxylic acids is 1. The van der Waals surface area contributed by atoms with Crippen molar-refractivity contribution in [1.29, 1.82) is 0 Å². The van der Waals surface area contributed by atoms with Crippen molar-refractivity contribution in [2.24, 2.45) is 52.3 Å². The maximum absolute atomic E-state index is 13.0. The molecule has 3 aliphatic carbocycles. The molecule has 0 aliphatic heterocycles. The van der Waals surface area contributed by atoms with Gasteiger partial charge in [-0.2, -0.15) is 0 Å². The van der Waals surface area contributed by atoms with Crippen molar-refractivity contribution in [3.63, 3.8) is 0 Å². The molecule has 3 nitrogen and oxygen atoms in total. The molecular formula is C28H46O3. The van der Waals surface area contributed by atoms with Gasteiger partial charge < -0.3 is 5.11 Å². The zero-order valence-corrected chi connectivity index (χ0v) is 20.8. The van der Waals surface area contributed by atoms with Crippen LogP contribution in [0.3, 0.4) is 0 Å². The molecule has 3 rings (SSSR count). The lowest BCUT2D eigenvalue weighted by Crippen LogP contribution is -2.52. The van der Waals surface area contributed by atoms with Crippen molar-refractivity contribution in [1.82, 2.24) is 0 Å². The summed E-state index contributed by atoms with van der Waals surface area (Å²) in [5.74, 6) is 2.00. The van der Waals surface area contributed by atoms with Crippen molar-refractivity contribution in [2.45, 2.75) is 99.3 Å². The molecule has 8 unspecified atom stereocenters. The van der Waals surface area contributed by atoms with Gasteiger partial charge in [0.15, 0.2) is 5.78 Å². The fraction of sp³-hybridized carbons (Fsp3) is 0.857. The Morgan fingerprint density at radius 3 is 2.39 bits per heavy atom. The van der Waals surface area contributed by atoms with Crippen molar-refractivity contribution in [3.8, 4) is 0 Å². The summed E-state index contributed by atoms with van der Waals surface area (Å²) >= 11 is 0. The van der Waals surface area contributed by atoms with E-state index in [2.05, 4.69) is 34.6 Å². The van der Waals surface area contributed by atoms with Crippen LogP contribution < -0.4 is 0 Å². The lowest BCUT2D eigenvalue weighted by Gasteiger charge is -2.55. The van der Waals surface area contributed by atoms with E-state index in [9.17, 15) is 14.7 Å². The van der Waals surface area contributed by atoms with E-state index < -0.39 is 11.4 Å². The molecule has 0 heterocycles. The van der Waals surface area contributed by atoms with Gasteiger partial charge in [0.2, 0.25) is 0 Å². The molecule has 0 bridgehead atoms. The second kappa shape index (κ2) is 9.40. The van der Waals surface area contributed by atoms with Crippen LogP contribution in [0.15, 0.2) is 12.2 Å². The van der Waals surface area contributed by atoms with E-state index in [-0.39, 0.29) is 29.0 Å². The average Bonchev–Trinajstić information content (AvgIpc) is 3.05. The molecule has 8 atom stereocenters. The number of hydrogen-bond acceptors (Lipinski definition) is 2. The van der Waals surface area contributed by atoms with Gasteiger partial charge in [0.1, 0.15) is 0 Å². The summed E-state index contributed by atoms with van der Waals surface area (Å²) in [6.07, 6.45) is 14.0. The number of ketones is 1. The van der Waals surface area contributed by atoms with Gasteiger partial charge in [-0.25, -0.2) is 0 Å². The van der Waals surface area contributed by atoms with Crippen LogP contribution in [0.1, 0.15) is 99.3 Å². The minimum absolute atomic E-state index is 0.101. The van der Waals surface area contributed by atoms with E-state index in [1.54, 1.807) is 6.08 Å². The number of fused-ring (bicyclic) bond motifs is 1. The van der Waals surface area contributed by atoms with Gasteiger partial charge >= 0.3 is 5.97 Å². The van der Waals surface area contributed by atoms with E-state index in [1.807, 2.05) is 13.0 Å². The molecule has 0 spiro atoms. The third kappa shape index (κ3) is 4.53. The Morgan fingerprint density at radius 2 is 1.77 bits per heavy atom. The topological polar surface area (TPSA) is 54.4 Å². The molecule has 1 N–H and O–H groups in total. The molecule has 0 aromatic carbocycles. The zero-order chi connectivity index (χ0) is 23.0. The molecular weight excluding hydrogens is 384 g/mol. The first-order valence-electron chi connectivity index (χ1n) is 13.0. The summed E-state index contributed by atoms with van der Waals surface area (Å²) in [7, 11) is 0. The fourth-order valence-electron chi connectivity index (χ4n) is 8.08. The first-order valence-corrected chi connectivity index (χ1v) is 13.0. The highest BCUT2D eigenvalue weighted by molar-refractivity contribution is 5.95. The van der Waals surface area contributed by atoms with Gasteiger partial charge in [-0.15, -0.1) is 0 Å². The highest BCUT2D eigenvalue weighted by atomic mass is 16.4. The number of carboxylic acid groups (broad SMARTS) is 1. The molecule has 2 fully saturated rings. The lowest BCUT2D eigenvalue weighted by molar-refractivity contribution is -0.154. The van der Waals surface area contributed by atoms with Crippen LogP contribution in [0.4, 0.5) is 0 Å². The van der Waals surface area contributed by atoms with E-state index in [4.69, 9.17) is 0 Å². The smallest absolute Gasteiger partial charge is 0.306 e. The van der Waals surface area contributed by atoms with Crippen molar-refractivity contribution < 1.29 is 14.7 Å². The molecule has 0 aromatic heterocycles. The van der Waals surface area contributed by atoms with Crippen LogP contribution in [-0.4, -0.2) is 16.9 Å². The van der Waals surface area contributed by atoms with Crippen molar-refractivity contribution in [2.75, 3.05) is 0 Å². The number of hydrogen-bond donors (Lipinski definition) is 1. The number of carbonyl (C=O) groups excluding carboxylic acids is 1. The SMILES string of the molecule is CC(C)CCCC(C)C1CCC2C(C(C)C(=O)O)C(C3(C)CCC=CC3=O)CCC12C. The van der Waals surface area contributed by atoms with Crippen LogP contribution in [0.25, 0.3) is 0 Å². The van der Waals surface area contributed by atoms with Crippen LogP contribution in [-0.2, 0) is 9.59 Å². The molecule has 3 aliphatic rings. The van der Waals surface area contributed by atoms with Crippen LogP contribution in [0.5, 0.6) is 0 Å². The van der Waals surface area contributed by atoms with Gasteiger partial charge in [-0.05, 0) is 85.5 Å². The Hall–Kier alpha value is -1.12. The standard InChI is InChI=1S/C28H46O3/c1-18(2)10-9-11-19(3)21-13-14-22-25(20(4)26(30)31)23(15-17-27(21,22)5)28(6)16-8-7-12-24(28)29/h7,12,18-23,25H,8-11,13-17H2,1-6H3,(H,30,31). The predicted octanol–water partition coefficient (Wildman–Crippen LogP) is 7.15. The lowest BCUT2D eigenvalue weighted by atomic mass is 9.48. The zero-order valence-electron chi connectivity index (χ0n) is 20.8. The van der Waals surface area contributed by atoms with Crippen molar-refractivity contribution >= 4 is 11.8 Å². The molecule has 0 aromatic rings. The first-order chi connectivity index (χ1) is 14.5. The maximum atomic E-state index is 13.0. The maximum Gasteiger partial charge on any atom is 0.306 e. The second-order valence-electron chi connectivity index (χ2n) is 12.2. The third-order valence-electron chi connectivity index (χ3n) is 9.98. The Morgan fingerprint density at radius 1 is 1.06 bits per heavy atom. The molecule has 0 radical (unpaired) electrons.